The average molecular weight is 343 g/mol. The van der Waals surface area contributed by atoms with Gasteiger partial charge in [-0.15, -0.1) is 0 Å². The van der Waals surface area contributed by atoms with Gasteiger partial charge in [-0.2, -0.15) is 0 Å². The van der Waals surface area contributed by atoms with Gasteiger partial charge in [0, 0.05) is 4.47 Å². The van der Waals surface area contributed by atoms with Crippen molar-refractivity contribution >= 4 is 39.5 Å². The van der Waals surface area contributed by atoms with E-state index in [1.165, 1.54) is 6.07 Å². The number of carbonyl (C=O) groups excluding carboxylic acids is 3. The molecule has 1 aliphatic heterocycles. The van der Waals surface area contributed by atoms with Gasteiger partial charge in [-0.05, 0) is 40.0 Å². The second kappa shape index (κ2) is 5.32. The van der Waals surface area contributed by atoms with E-state index in [2.05, 4.69) is 21.2 Å². The number of imide groups is 2. The van der Waals surface area contributed by atoms with Crippen LogP contribution >= 0.6 is 15.9 Å². The molecule has 2 rings (SSSR count). The van der Waals surface area contributed by atoms with E-state index in [1.54, 1.807) is 13.8 Å². The van der Waals surface area contributed by atoms with Gasteiger partial charge in [0.2, 0.25) is 11.8 Å². The summed E-state index contributed by atoms with van der Waals surface area (Å²) >= 11 is 3.11. The summed E-state index contributed by atoms with van der Waals surface area (Å²) in [7, 11) is 0. The number of carbonyl (C=O) groups is 3. The molecule has 0 spiro atoms. The summed E-state index contributed by atoms with van der Waals surface area (Å²) in [5.41, 5.74) is 0.201. The van der Waals surface area contributed by atoms with E-state index in [4.69, 9.17) is 0 Å². The fourth-order valence-corrected chi connectivity index (χ4v) is 2.60. The predicted molar refractivity (Wildman–Crippen MR) is 73.5 cm³/mol. The molecule has 1 unspecified atom stereocenters. The number of amides is 4. The van der Waals surface area contributed by atoms with E-state index in [9.17, 15) is 18.8 Å². The van der Waals surface area contributed by atoms with Crippen molar-refractivity contribution in [2.24, 2.45) is 11.8 Å². The first-order valence-corrected chi connectivity index (χ1v) is 6.76. The molecule has 0 bridgehead atoms. The first-order chi connectivity index (χ1) is 9.32. The summed E-state index contributed by atoms with van der Waals surface area (Å²) in [6, 6.07) is 2.77. The molecule has 106 valence electrons. The van der Waals surface area contributed by atoms with Gasteiger partial charge in [-0.25, -0.2) is 14.1 Å². The number of barbiturate groups is 1. The summed E-state index contributed by atoms with van der Waals surface area (Å²) in [5, 5.41) is 2.14. The molecule has 0 aliphatic carbocycles. The molecule has 5 nitrogen and oxygen atoms in total. The zero-order valence-electron chi connectivity index (χ0n) is 10.8. The Morgan fingerprint density at radius 2 is 1.95 bits per heavy atom. The number of rotatable bonds is 2. The van der Waals surface area contributed by atoms with E-state index < -0.39 is 29.6 Å². The van der Waals surface area contributed by atoms with Crippen LogP contribution in [0, 0.1) is 17.7 Å². The van der Waals surface area contributed by atoms with Gasteiger partial charge in [-0.1, -0.05) is 13.8 Å². The highest BCUT2D eigenvalue weighted by atomic mass is 79.9. The summed E-state index contributed by atoms with van der Waals surface area (Å²) in [5.74, 6) is -2.91. The van der Waals surface area contributed by atoms with Gasteiger partial charge < -0.3 is 0 Å². The van der Waals surface area contributed by atoms with Crippen molar-refractivity contribution in [2.45, 2.75) is 13.8 Å². The zero-order chi connectivity index (χ0) is 15.0. The lowest BCUT2D eigenvalue weighted by Gasteiger charge is -2.32. The number of halogens is 2. The van der Waals surface area contributed by atoms with Crippen LogP contribution in [0.5, 0.6) is 0 Å². The Hall–Kier alpha value is -1.76. The molecule has 1 aromatic rings. The van der Waals surface area contributed by atoms with Crippen LogP contribution in [0.2, 0.25) is 0 Å². The van der Waals surface area contributed by atoms with Crippen molar-refractivity contribution in [2.75, 3.05) is 4.90 Å². The molecule has 1 aliphatic rings. The highest BCUT2D eigenvalue weighted by Crippen LogP contribution is 2.31. The molecule has 1 heterocycles. The maximum absolute atomic E-state index is 13.1. The first kappa shape index (κ1) is 14.6. The topological polar surface area (TPSA) is 66.5 Å². The lowest BCUT2D eigenvalue weighted by molar-refractivity contribution is -0.136. The van der Waals surface area contributed by atoms with Crippen LogP contribution in [-0.4, -0.2) is 17.8 Å². The zero-order valence-corrected chi connectivity index (χ0v) is 12.4. The molecule has 1 N–H and O–H groups in total. The van der Waals surface area contributed by atoms with E-state index in [0.717, 1.165) is 17.0 Å². The Morgan fingerprint density at radius 1 is 1.30 bits per heavy atom. The van der Waals surface area contributed by atoms with Crippen LogP contribution in [0.15, 0.2) is 22.7 Å². The van der Waals surface area contributed by atoms with Gasteiger partial charge in [0.25, 0.3) is 0 Å². The SMILES string of the molecule is CC(C)C1C(=O)NC(=O)N(c2ccc(F)cc2Br)C1=O. The average Bonchev–Trinajstić information content (AvgIpc) is 2.30. The third-order valence-electron chi connectivity index (χ3n) is 3.02. The smallest absolute Gasteiger partial charge is 0.277 e. The van der Waals surface area contributed by atoms with E-state index >= 15 is 0 Å². The highest BCUT2D eigenvalue weighted by molar-refractivity contribution is 9.10. The van der Waals surface area contributed by atoms with Crippen LogP contribution in [0.4, 0.5) is 14.9 Å². The molecule has 4 amide bonds. The predicted octanol–water partition coefficient (Wildman–Crippen LogP) is 2.44. The number of nitrogens with one attached hydrogen (secondary N) is 1. The highest BCUT2D eigenvalue weighted by Gasteiger charge is 2.43. The van der Waals surface area contributed by atoms with Crippen molar-refractivity contribution in [3.8, 4) is 0 Å². The summed E-state index contributed by atoms with van der Waals surface area (Å²) in [4.78, 5) is 36.8. The maximum Gasteiger partial charge on any atom is 0.335 e. The van der Waals surface area contributed by atoms with Crippen molar-refractivity contribution in [3.63, 3.8) is 0 Å². The number of hydrogen-bond acceptors (Lipinski definition) is 3. The lowest BCUT2D eigenvalue weighted by atomic mass is 9.92. The molecule has 0 saturated carbocycles. The van der Waals surface area contributed by atoms with Gasteiger partial charge in [0.05, 0.1) is 5.69 Å². The Labute approximate surface area is 123 Å². The fourth-order valence-electron chi connectivity index (χ4n) is 2.07. The van der Waals surface area contributed by atoms with Gasteiger partial charge in [-0.3, -0.25) is 14.9 Å². The number of urea groups is 1. The Morgan fingerprint density at radius 3 is 2.50 bits per heavy atom. The quantitative estimate of drug-likeness (QED) is 0.839. The van der Waals surface area contributed by atoms with Gasteiger partial charge >= 0.3 is 6.03 Å². The third kappa shape index (κ3) is 2.45. The molecule has 1 fully saturated rings. The second-order valence-corrected chi connectivity index (χ2v) is 5.64. The summed E-state index contributed by atoms with van der Waals surface area (Å²) in [6.45, 7) is 3.44. The molecule has 7 heteroatoms. The van der Waals surface area contributed by atoms with Crippen LogP contribution < -0.4 is 10.2 Å². The minimum Gasteiger partial charge on any atom is -0.277 e. The Kier molecular flexibility index (Phi) is 3.89. The van der Waals surface area contributed by atoms with Crippen LogP contribution in [0.3, 0.4) is 0 Å². The number of anilines is 1. The van der Waals surface area contributed by atoms with Crippen LogP contribution in [-0.2, 0) is 9.59 Å². The monoisotopic (exact) mass is 342 g/mol. The molecule has 1 aromatic carbocycles. The normalized spacial score (nSPS) is 19.6. The van der Waals surface area contributed by atoms with E-state index in [-0.39, 0.29) is 16.1 Å². The molecule has 1 saturated heterocycles. The van der Waals surface area contributed by atoms with E-state index in [0.29, 0.717) is 0 Å². The van der Waals surface area contributed by atoms with Gasteiger partial charge in [0.1, 0.15) is 11.7 Å². The summed E-state index contributed by atoms with van der Waals surface area (Å²) in [6.07, 6.45) is 0. The molecule has 0 radical (unpaired) electrons. The fraction of sp³-hybridized carbons (Fsp3) is 0.308. The molecular formula is C13H12BrFN2O3. The standard InChI is InChI=1S/C13H12BrFN2O3/c1-6(2)10-11(18)16-13(20)17(12(10)19)9-4-3-7(15)5-8(9)14/h3-6,10H,1-2H3,(H,16,18,20). The van der Waals surface area contributed by atoms with Crippen LogP contribution in [0.1, 0.15) is 13.8 Å². The lowest BCUT2D eigenvalue weighted by Crippen LogP contribution is -2.59. The second-order valence-electron chi connectivity index (χ2n) is 4.79. The number of hydrogen-bond donors (Lipinski definition) is 1. The van der Waals surface area contributed by atoms with Crippen molar-refractivity contribution in [1.29, 1.82) is 0 Å². The maximum atomic E-state index is 13.1. The Bertz CT molecular complexity index is 603. The molecular weight excluding hydrogens is 331 g/mol. The minimum atomic E-state index is -0.940. The molecule has 20 heavy (non-hydrogen) atoms. The summed E-state index contributed by atoms with van der Waals surface area (Å²) < 4.78 is 13.3. The van der Waals surface area contributed by atoms with Crippen LogP contribution in [0.25, 0.3) is 0 Å². The molecule has 1 atom stereocenters. The number of benzene rings is 1. The molecule has 0 aromatic heterocycles. The van der Waals surface area contributed by atoms with Crippen molar-refractivity contribution in [3.05, 3.63) is 28.5 Å². The largest absolute Gasteiger partial charge is 0.335 e. The van der Waals surface area contributed by atoms with E-state index in [1.807, 2.05) is 0 Å². The first-order valence-electron chi connectivity index (χ1n) is 5.96. The third-order valence-corrected chi connectivity index (χ3v) is 3.65. The Balaban J connectivity index is 2.46. The minimum absolute atomic E-state index is 0.201. The van der Waals surface area contributed by atoms with Gasteiger partial charge in [0.15, 0.2) is 0 Å². The van der Waals surface area contributed by atoms with Crippen molar-refractivity contribution in [1.82, 2.24) is 5.32 Å². The van der Waals surface area contributed by atoms with Crippen molar-refractivity contribution < 1.29 is 18.8 Å². The number of nitrogens with zero attached hydrogens (tertiary/aromatic N) is 1.